The van der Waals surface area contributed by atoms with Gasteiger partial charge in [-0.05, 0) is 0 Å². The van der Waals surface area contributed by atoms with E-state index >= 15 is 0 Å². The molecule has 4 rings (SSSR count). The maximum atomic E-state index is 2.47. The second-order valence-corrected chi connectivity index (χ2v) is 10.3. The van der Waals surface area contributed by atoms with E-state index in [2.05, 4.69) is 133 Å². The van der Waals surface area contributed by atoms with Crippen molar-refractivity contribution in [3.05, 3.63) is 133 Å². The summed E-state index contributed by atoms with van der Waals surface area (Å²) in [4.78, 5) is 0. The van der Waals surface area contributed by atoms with Gasteiger partial charge in [-0.25, -0.2) is 0 Å². The fraction of sp³-hybridized carbons (Fsp3) is 0. The van der Waals surface area contributed by atoms with Crippen molar-refractivity contribution >= 4 is 29.3 Å². The Labute approximate surface area is 162 Å². The van der Waals surface area contributed by atoms with E-state index < -0.39 is 7.26 Å². The molecule has 0 aliphatic carbocycles. The van der Waals surface area contributed by atoms with Gasteiger partial charge in [0.25, 0.3) is 0 Å². The molecule has 27 heavy (non-hydrogen) atoms. The Morgan fingerprint density at radius 3 is 1.11 bits per heavy atom. The predicted octanol–water partition coefficient (Wildman–Crippen LogP) is 5.38. The predicted molar refractivity (Wildman–Crippen MR) is 122 cm³/mol. The van der Waals surface area contributed by atoms with Crippen LogP contribution in [0.2, 0.25) is 0 Å². The summed E-state index contributed by atoms with van der Waals surface area (Å²) in [6, 6.07) is 43.5. The van der Waals surface area contributed by atoms with Gasteiger partial charge in [0.1, 0.15) is 0 Å². The first-order valence-corrected chi connectivity index (χ1v) is 11.4. The number of rotatable bonds is 5. The molecule has 0 fully saturated rings. The molecule has 0 aromatic heterocycles. The minimum atomic E-state index is -2.29. The van der Waals surface area contributed by atoms with E-state index in [4.69, 9.17) is 0 Å². The first kappa shape index (κ1) is 17.5. The van der Waals surface area contributed by atoms with Crippen molar-refractivity contribution < 1.29 is 0 Å². The van der Waals surface area contributed by atoms with Gasteiger partial charge in [0.05, 0.1) is 0 Å². The van der Waals surface area contributed by atoms with Crippen molar-refractivity contribution in [2.24, 2.45) is 0 Å². The molecule has 4 aromatic rings. The van der Waals surface area contributed by atoms with Gasteiger partial charge in [-0.3, -0.25) is 0 Å². The maximum absolute atomic E-state index is 2.47. The van der Waals surface area contributed by atoms with Crippen LogP contribution < -0.4 is 15.9 Å². The fourth-order valence-corrected chi connectivity index (χ4v) is 7.85. The van der Waals surface area contributed by atoms with E-state index in [1.165, 1.54) is 21.5 Å². The molecule has 0 N–H and O–H groups in total. The third kappa shape index (κ3) is 3.63. The molecular formula is C26H23P. The van der Waals surface area contributed by atoms with Crippen LogP contribution in [0.15, 0.2) is 127 Å². The molecule has 1 heteroatoms. The van der Waals surface area contributed by atoms with Gasteiger partial charge < -0.3 is 0 Å². The zero-order chi connectivity index (χ0) is 18.4. The van der Waals surface area contributed by atoms with Crippen LogP contribution in [0.25, 0.3) is 6.08 Å². The quantitative estimate of drug-likeness (QED) is 0.416. The van der Waals surface area contributed by atoms with Crippen molar-refractivity contribution in [3.8, 4) is 0 Å². The average Bonchev–Trinajstić information content (AvgIpc) is 2.77. The monoisotopic (exact) mass is 366 g/mol. The molecule has 0 saturated carbocycles. The standard InChI is InChI=1S/C26H23P/c1-5-13-23(14-6-1)21-22-27(24-15-7-2-8-16-24,25-17-9-3-10-18-25)26-19-11-4-12-20-26/h1-22,27H/b22-21+. The van der Waals surface area contributed by atoms with E-state index in [0.29, 0.717) is 0 Å². The average molecular weight is 366 g/mol. The topological polar surface area (TPSA) is 0 Å². The summed E-state index contributed by atoms with van der Waals surface area (Å²) in [6.45, 7) is 0. The molecule has 4 aromatic carbocycles. The summed E-state index contributed by atoms with van der Waals surface area (Å²) in [5.74, 6) is 2.47. The second-order valence-electron chi connectivity index (χ2n) is 6.65. The van der Waals surface area contributed by atoms with Crippen LogP contribution in [0.1, 0.15) is 5.56 Å². The van der Waals surface area contributed by atoms with Gasteiger partial charge in [-0.15, -0.1) is 0 Å². The molecule has 0 heterocycles. The molecule has 0 nitrogen and oxygen atoms in total. The Kier molecular flexibility index (Phi) is 5.28. The summed E-state index contributed by atoms with van der Waals surface area (Å²) in [5, 5.41) is 4.19. The third-order valence-electron chi connectivity index (χ3n) is 5.01. The molecule has 0 radical (unpaired) electrons. The van der Waals surface area contributed by atoms with Crippen molar-refractivity contribution in [2.75, 3.05) is 0 Å². The third-order valence-corrected chi connectivity index (χ3v) is 9.41. The van der Waals surface area contributed by atoms with Gasteiger partial charge in [0.2, 0.25) is 0 Å². The van der Waals surface area contributed by atoms with Gasteiger partial charge in [-0.1, -0.05) is 0 Å². The van der Waals surface area contributed by atoms with Gasteiger partial charge in [0, 0.05) is 0 Å². The van der Waals surface area contributed by atoms with Crippen LogP contribution in [0.4, 0.5) is 0 Å². The van der Waals surface area contributed by atoms with Crippen LogP contribution in [-0.2, 0) is 0 Å². The molecule has 0 aliphatic heterocycles. The summed E-state index contributed by atoms with van der Waals surface area (Å²) < 4.78 is 0. The van der Waals surface area contributed by atoms with Crippen molar-refractivity contribution in [1.82, 2.24) is 0 Å². The molecule has 0 aliphatic rings. The molecule has 0 atom stereocenters. The van der Waals surface area contributed by atoms with E-state index in [9.17, 15) is 0 Å². The first-order chi connectivity index (χ1) is 13.4. The Balaban J connectivity index is 1.99. The van der Waals surface area contributed by atoms with Gasteiger partial charge >= 0.3 is 162 Å². The van der Waals surface area contributed by atoms with Crippen LogP contribution in [-0.4, -0.2) is 0 Å². The number of hydrogen-bond donors (Lipinski definition) is 0. The molecule has 0 unspecified atom stereocenters. The molecule has 132 valence electrons. The number of hydrogen-bond acceptors (Lipinski definition) is 0. The second kappa shape index (κ2) is 8.16. The number of benzene rings is 4. The van der Waals surface area contributed by atoms with Crippen molar-refractivity contribution in [2.45, 2.75) is 0 Å². The minimum absolute atomic E-state index is 1.23. The summed E-state index contributed by atoms with van der Waals surface area (Å²) in [5.41, 5.74) is 1.23. The van der Waals surface area contributed by atoms with E-state index in [1.54, 1.807) is 0 Å². The molecule has 0 spiro atoms. The van der Waals surface area contributed by atoms with Crippen LogP contribution in [0.5, 0.6) is 0 Å². The Hall–Kier alpha value is -2.95. The van der Waals surface area contributed by atoms with E-state index in [1.807, 2.05) is 0 Å². The first-order valence-electron chi connectivity index (χ1n) is 9.30. The Bertz CT molecular complexity index is 894. The Morgan fingerprint density at radius 2 is 0.741 bits per heavy atom. The van der Waals surface area contributed by atoms with E-state index in [0.717, 1.165) is 0 Å². The van der Waals surface area contributed by atoms with Crippen LogP contribution >= 0.6 is 7.26 Å². The normalized spacial score (nSPS) is 12.1. The molecular weight excluding hydrogens is 343 g/mol. The molecule has 0 bridgehead atoms. The zero-order valence-electron chi connectivity index (χ0n) is 15.2. The molecule has 0 amide bonds. The molecule has 0 saturated heterocycles. The van der Waals surface area contributed by atoms with Gasteiger partial charge in [-0.2, -0.15) is 0 Å². The van der Waals surface area contributed by atoms with Crippen LogP contribution in [0.3, 0.4) is 0 Å². The Morgan fingerprint density at radius 1 is 0.407 bits per heavy atom. The van der Waals surface area contributed by atoms with E-state index in [-0.39, 0.29) is 0 Å². The summed E-state index contributed by atoms with van der Waals surface area (Å²) >= 11 is 0. The SMILES string of the molecule is C(=C\[PH](c1ccccc1)(c1ccccc1)c1ccccc1)/c1ccccc1. The summed E-state index contributed by atoms with van der Waals surface area (Å²) in [6.07, 6.45) is 2.29. The fourth-order valence-electron chi connectivity index (χ4n) is 3.68. The van der Waals surface area contributed by atoms with Crippen molar-refractivity contribution in [3.63, 3.8) is 0 Å². The summed E-state index contributed by atoms with van der Waals surface area (Å²) in [7, 11) is -2.29. The zero-order valence-corrected chi connectivity index (χ0v) is 16.2. The van der Waals surface area contributed by atoms with Crippen LogP contribution in [0, 0.1) is 0 Å². The van der Waals surface area contributed by atoms with Crippen molar-refractivity contribution in [1.29, 1.82) is 0 Å². The van der Waals surface area contributed by atoms with Gasteiger partial charge in [0.15, 0.2) is 0 Å².